The Morgan fingerprint density at radius 3 is 2.32 bits per heavy atom. The molecule has 0 fully saturated rings. The quantitative estimate of drug-likeness (QED) is 0.598. The highest BCUT2D eigenvalue weighted by atomic mass is 16.5. The van der Waals surface area contributed by atoms with Gasteiger partial charge in [0.2, 0.25) is 5.91 Å². The molecular formula is C23H21NO4. The largest absolute Gasteiger partial charge is 0.496 e. The monoisotopic (exact) mass is 375 g/mol. The van der Waals surface area contributed by atoms with Gasteiger partial charge < -0.3 is 14.8 Å². The Hall–Kier alpha value is -3.60. The average molecular weight is 375 g/mol. The fourth-order valence-electron chi connectivity index (χ4n) is 2.78. The second-order valence-electron chi connectivity index (χ2n) is 6.22. The van der Waals surface area contributed by atoms with Crippen LogP contribution in [0.5, 0.6) is 17.2 Å². The molecule has 0 spiro atoms. The number of carbonyl (C=O) groups excluding carboxylic acids is 2. The fourth-order valence-corrected chi connectivity index (χ4v) is 2.78. The van der Waals surface area contributed by atoms with Crippen LogP contribution < -0.4 is 14.8 Å². The first-order valence-electron chi connectivity index (χ1n) is 8.86. The number of carbonyl (C=O) groups is 2. The van der Waals surface area contributed by atoms with Crippen molar-refractivity contribution >= 4 is 17.4 Å². The molecule has 0 aromatic heterocycles. The molecule has 0 saturated carbocycles. The summed E-state index contributed by atoms with van der Waals surface area (Å²) in [4.78, 5) is 24.3. The standard InChI is InChI=1S/C23H21NO4/c1-16(25)17-12-13-21(27-2)18(14-17)15-23(26)24-20-10-6-7-11-22(20)28-19-8-4-3-5-9-19/h3-14H,15H2,1-2H3,(H,24,26). The number of ketones is 1. The zero-order valence-corrected chi connectivity index (χ0v) is 15.8. The molecule has 3 aromatic carbocycles. The van der Waals surface area contributed by atoms with Crippen LogP contribution in [0.4, 0.5) is 5.69 Å². The summed E-state index contributed by atoms with van der Waals surface area (Å²) < 4.78 is 11.2. The van der Waals surface area contributed by atoms with E-state index in [0.717, 1.165) is 0 Å². The van der Waals surface area contributed by atoms with Crippen molar-refractivity contribution in [2.45, 2.75) is 13.3 Å². The van der Waals surface area contributed by atoms with Crippen LogP contribution >= 0.6 is 0 Å². The molecule has 0 heterocycles. The second kappa shape index (κ2) is 8.86. The zero-order valence-electron chi connectivity index (χ0n) is 15.8. The number of anilines is 1. The smallest absolute Gasteiger partial charge is 0.229 e. The van der Waals surface area contributed by atoms with Crippen LogP contribution in [0.1, 0.15) is 22.8 Å². The molecule has 0 unspecified atom stereocenters. The Kier molecular flexibility index (Phi) is 6.07. The normalized spacial score (nSPS) is 10.2. The molecule has 5 heteroatoms. The minimum Gasteiger partial charge on any atom is -0.496 e. The van der Waals surface area contributed by atoms with Crippen LogP contribution in [-0.2, 0) is 11.2 Å². The molecule has 0 aliphatic carbocycles. The van der Waals surface area contributed by atoms with Crippen molar-refractivity contribution in [3.8, 4) is 17.2 Å². The van der Waals surface area contributed by atoms with Crippen molar-refractivity contribution in [3.05, 3.63) is 83.9 Å². The summed E-state index contributed by atoms with van der Waals surface area (Å²) in [6.07, 6.45) is 0.0734. The van der Waals surface area contributed by atoms with Gasteiger partial charge in [0, 0.05) is 11.1 Å². The zero-order chi connectivity index (χ0) is 19.9. The maximum Gasteiger partial charge on any atom is 0.229 e. The lowest BCUT2D eigenvalue weighted by molar-refractivity contribution is -0.115. The third kappa shape index (κ3) is 4.76. The summed E-state index contributed by atoms with van der Waals surface area (Å²) in [5, 5.41) is 2.87. The molecule has 3 aromatic rings. The van der Waals surface area contributed by atoms with E-state index in [-0.39, 0.29) is 18.1 Å². The predicted octanol–water partition coefficient (Wildman–Crippen LogP) is 4.87. The van der Waals surface area contributed by atoms with Crippen molar-refractivity contribution in [1.82, 2.24) is 0 Å². The lowest BCUT2D eigenvalue weighted by atomic mass is 10.0. The lowest BCUT2D eigenvalue weighted by Gasteiger charge is -2.13. The van der Waals surface area contributed by atoms with E-state index in [1.165, 1.54) is 14.0 Å². The van der Waals surface area contributed by atoms with E-state index in [4.69, 9.17) is 9.47 Å². The number of nitrogens with one attached hydrogen (secondary N) is 1. The molecule has 0 atom stereocenters. The molecule has 3 rings (SSSR count). The van der Waals surface area contributed by atoms with Gasteiger partial charge in [-0.15, -0.1) is 0 Å². The second-order valence-corrected chi connectivity index (χ2v) is 6.22. The number of methoxy groups -OCH3 is 1. The van der Waals surface area contributed by atoms with E-state index in [2.05, 4.69) is 5.32 Å². The van der Waals surface area contributed by atoms with Crippen molar-refractivity contribution in [1.29, 1.82) is 0 Å². The minimum atomic E-state index is -0.233. The van der Waals surface area contributed by atoms with Crippen molar-refractivity contribution < 1.29 is 19.1 Å². The molecule has 0 aliphatic rings. The van der Waals surface area contributed by atoms with Gasteiger partial charge in [-0.05, 0) is 49.4 Å². The number of amides is 1. The number of hydrogen-bond acceptors (Lipinski definition) is 4. The summed E-state index contributed by atoms with van der Waals surface area (Å²) in [5.41, 5.74) is 1.75. The van der Waals surface area contributed by atoms with E-state index in [9.17, 15) is 9.59 Å². The third-order valence-electron chi connectivity index (χ3n) is 4.17. The molecule has 142 valence electrons. The highest BCUT2D eigenvalue weighted by molar-refractivity contribution is 5.96. The molecular weight excluding hydrogens is 354 g/mol. The van der Waals surface area contributed by atoms with Gasteiger partial charge in [0.1, 0.15) is 11.5 Å². The number of benzene rings is 3. The van der Waals surface area contributed by atoms with Crippen LogP contribution in [-0.4, -0.2) is 18.8 Å². The molecule has 5 nitrogen and oxygen atoms in total. The third-order valence-corrected chi connectivity index (χ3v) is 4.17. The Labute approximate surface area is 163 Å². The maximum atomic E-state index is 12.6. The fraction of sp³-hybridized carbons (Fsp3) is 0.130. The summed E-state index contributed by atoms with van der Waals surface area (Å²) in [5.74, 6) is 1.49. The van der Waals surface area contributed by atoms with Gasteiger partial charge in [0.25, 0.3) is 0 Å². The van der Waals surface area contributed by atoms with Crippen molar-refractivity contribution in [2.24, 2.45) is 0 Å². The van der Waals surface area contributed by atoms with E-state index >= 15 is 0 Å². The van der Waals surface area contributed by atoms with Gasteiger partial charge in [0.05, 0.1) is 19.2 Å². The first-order chi connectivity index (χ1) is 13.6. The number of para-hydroxylation sites is 3. The Bertz CT molecular complexity index is 983. The number of rotatable bonds is 7. The molecule has 28 heavy (non-hydrogen) atoms. The Morgan fingerprint density at radius 2 is 1.61 bits per heavy atom. The van der Waals surface area contributed by atoms with Crippen LogP contribution in [0.25, 0.3) is 0 Å². The van der Waals surface area contributed by atoms with Crippen LogP contribution in [0, 0.1) is 0 Å². The highest BCUT2D eigenvalue weighted by Gasteiger charge is 2.13. The number of hydrogen-bond donors (Lipinski definition) is 1. The van der Waals surface area contributed by atoms with E-state index in [0.29, 0.717) is 34.1 Å². The predicted molar refractivity (Wildman–Crippen MR) is 108 cm³/mol. The molecule has 0 aliphatic heterocycles. The summed E-state index contributed by atoms with van der Waals surface area (Å²) in [6, 6.07) is 21.7. The molecule has 0 saturated heterocycles. The van der Waals surface area contributed by atoms with E-state index in [1.54, 1.807) is 30.3 Å². The van der Waals surface area contributed by atoms with Crippen LogP contribution in [0.2, 0.25) is 0 Å². The maximum absolute atomic E-state index is 12.6. The summed E-state index contributed by atoms with van der Waals surface area (Å²) in [7, 11) is 1.53. The van der Waals surface area contributed by atoms with Gasteiger partial charge in [-0.2, -0.15) is 0 Å². The van der Waals surface area contributed by atoms with Crippen LogP contribution in [0.15, 0.2) is 72.8 Å². The summed E-state index contributed by atoms with van der Waals surface area (Å²) >= 11 is 0. The average Bonchev–Trinajstić information content (AvgIpc) is 2.70. The minimum absolute atomic E-state index is 0.0640. The molecule has 0 radical (unpaired) electrons. The summed E-state index contributed by atoms with van der Waals surface area (Å²) in [6.45, 7) is 1.49. The first kappa shape index (κ1) is 19.2. The topological polar surface area (TPSA) is 64.6 Å². The Balaban J connectivity index is 1.77. The number of ether oxygens (including phenoxy) is 2. The highest BCUT2D eigenvalue weighted by Crippen LogP contribution is 2.29. The van der Waals surface area contributed by atoms with Gasteiger partial charge in [-0.25, -0.2) is 0 Å². The van der Waals surface area contributed by atoms with Crippen molar-refractivity contribution in [3.63, 3.8) is 0 Å². The lowest BCUT2D eigenvalue weighted by Crippen LogP contribution is -2.15. The van der Waals surface area contributed by atoms with Gasteiger partial charge in [-0.3, -0.25) is 9.59 Å². The number of Topliss-reactive ketones (excluding diaryl/α,β-unsaturated/α-hetero) is 1. The SMILES string of the molecule is COc1ccc(C(C)=O)cc1CC(=O)Nc1ccccc1Oc1ccccc1. The van der Waals surface area contributed by atoms with Gasteiger partial charge in [-0.1, -0.05) is 30.3 Å². The van der Waals surface area contributed by atoms with E-state index in [1.807, 2.05) is 42.5 Å². The van der Waals surface area contributed by atoms with E-state index < -0.39 is 0 Å². The Morgan fingerprint density at radius 1 is 0.893 bits per heavy atom. The molecule has 1 N–H and O–H groups in total. The molecule has 0 bridgehead atoms. The van der Waals surface area contributed by atoms with Gasteiger partial charge >= 0.3 is 0 Å². The van der Waals surface area contributed by atoms with Gasteiger partial charge in [0.15, 0.2) is 11.5 Å². The van der Waals surface area contributed by atoms with Crippen LogP contribution in [0.3, 0.4) is 0 Å². The van der Waals surface area contributed by atoms with Crippen molar-refractivity contribution in [2.75, 3.05) is 12.4 Å². The first-order valence-corrected chi connectivity index (χ1v) is 8.86. The molecule has 1 amide bonds.